The maximum absolute atomic E-state index is 5.81. The number of hydrogen-bond acceptors (Lipinski definition) is 6. The maximum atomic E-state index is 5.81. The normalized spacial score (nSPS) is 10.4. The summed E-state index contributed by atoms with van der Waals surface area (Å²) in [5, 5.41) is 2.18. The number of ether oxygens (including phenoxy) is 1. The highest BCUT2D eigenvalue weighted by atomic mass is 35.5. The van der Waals surface area contributed by atoms with Crippen molar-refractivity contribution < 1.29 is 4.74 Å². The largest absolute Gasteiger partial charge is 0.463 e. The third-order valence-electron chi connectivity index (χ3n) is 2.14. The number of thiophene rings is 1. The van der Waals surface area contributed by atoms with Crippen LogP contribution in [0.2, 0.25) is 5.28 Å². The SMILES string of the molecule is CN(C)c1nc(Cl)nc(OCCc2cccs2)n1. The van der Waals surface area contributed by atoms with E-state index in [0.29, 0.717) is 12.6 Å². The zero-order valence-corrected chi connectivity index (χ0v) is 11.7. The predicted octanol–water partition coefficient (Wildman–Crippen LogP) is 2.27. The molecule has 2 aromatic rings. The van der Waals surface area contributed by atoms with E-state index in [0.717, 1.165) is 6.42 Å². The fourth-order valence-electron chi connectivity index (χ4n) is 1.28. The molecule has 0 atom stereocenters. The van der Waals surface area contributed by atoms with Crippen LogP contribution in [0.3, 0.4) is 0 Å². The van der Waals surface area contributed by atoms with Gasteiger partial charge in [-0.3, -0.25) is 0 Å². The Kier molecular flexibility index (Phi) is 4.33. The van der Waals surface area contributed by atoms with Crippen molar-refractivity contribution in [3.8, 4) is 6.01 Å². The Hall–Kier alpha value is -1.40. The zero-order chi connectivity index (χ0) is 13.0. The number of anilines is 1. The molecule has 5 nitrogen and oxygen atoms in total. The average molecular weight is 285 g/mol. The molecule has 0 saturated carbocycles. The van der Waals surface area contributed by atoms with Gasteiger partial charge >= 0.3 is 6.01 Å². The van der Waals surface area contributed by atoms with Crippen LogP contribution >= 0.6 is 22.9 Å². The Morgan fingerprint density at radius 2 is 2.17 bits per heavy atom. The number of aromatic nitrogens is 3. The maximum Gasteiger partial charge on any atom is 0.322 e. The Morgan fingerprint density at radius 3 is 2.83 bits per heavy atom. The molecule has 0 aliphatic rings. The molecule has 0 unspecified atom stereocenters. The Labute approximate surface area is 114 Å². The van der Waals surface area contributed by atoms with Gasteiger partial charge in [0.15, 0.2) is 0 Å². The minimum atomic E-state index is 0.139. The minimum Gasteiger partial charge on any atom is -0.463 e. The van der Waals surface area contributed by atoms with Crippen molar-refractivity contribution in [2.45, 2.75) is 6.42 Å². The highest BCUT2D eigenvalue weighted by Gasteiger charge is 2.07. The Balaban J connectivity index is 1.96. The molecule has 0 aliphatic heterocycles. The second-order valence-corrected chi connectivity index (χ2v) is 5.13. The lowest BCUT2D eigenvalue weighted by atomic mass is 10.4. The van der Waals surface area contributed by atoms with E-state index in [1.807, 2.05) is 25.5 Å². The summed E-state index contributed by atoms with van der Waals surface area (Å²) in [4.78, 5) is 15.1. The van der Waals surface area contributed by atoms with Gasteiger partial charge in [-0.2, -0.15) is 15.0 Å². The van der Waals surface area contributed by atoms with Crippen LogP contribution in [-0.4, -0.2) is 35.7 Å². The number of halogens is 1. The molecule has 18 heavy (non-hydrogen) atoms. The topological polar surface area (TPSA) is 51.1 Å². The van der Waals surface area contributed by atoms with Gasteiger partial charge in [-0.25, -0.2) is 0 Å². The van der Waals surface area contributed by atoms with Crippen molar-refractivity contribution in [1.29, 1.82) is 0 Å². The molecular weight excluding hydrogens is 272 g/mol. The van der Waals surface area contributed by atoms with Crippen LogP contribution in [-0.2, 0) is 6.42 Å². The van der Waals surface area contributed by atoms with Crippen LogP contribution in [0, 0.1) is 0 Å². The fourth-order valence-corrected chi connectivity index (χ4v) is 2.12. The van der Waals surface area contributed by atoms with Crippen molar-refractivity contribution in [2.24, 2.45) is 0 Å². The van der Waals surface area contributed by atoms with E-state index < -0.39 is 0 Å². The first kappa shape index (κ1) is 13.0. The van der Waals surface area contributed by atoms with Gasteiger partial charge in [0.05, 0.1) is 6.61 Å². The highest BCUT2D eigenvalue weighted by molar-refractivity contribution is 7.09. The number of hydrogen-bond donors (Lipinski definition) is 0. The molecule has 2 rings (SSSR count). The molecule has 0 saturated heterocycles. The molecular formula is C11H13ClN4OS. The molecule has 0 amide bonds. The van der Waals surface area contributed by atoms with Gasteiger partial charge in [0.2, 0.25) is 11.2 Å². The van der Waals surface area contributed by atoms with E-state index in [1.165, 1.54) is 4.88 Å². The predicted molar refractivity (Wildman–Crippen MR) is 72.7 cm³/mol. The van der Waals surface area contributed by atoms with E-state index in [-0.39, 0.29) is 11.3 Å². The summed E-state index contributed by atoms with van der Waals surface area (Å²) < 4.78 is 5.48. The van der Waals surface area contributed by atoms with Gasteiger partial charge in [-0.1, -0.05) is 6.07 Å². The quantitative estimate of drug-likeness (QED) is 0.843. The fraction of sp³-hybridized carbons (Fsp3) is 0.364. The number of rotatable bonds is 5. The lowest BCUT2D eigenvalue weighted by Crippen LogP contribution is -2.14. The van der Waals surface area contributed by atoms with Crippen LogP contribution in [0.25, 0.3) is 0 Å². The summed E-state index contributed by atoms with van der Waals surface area (Å²) in [5.74, 6) is 0.487. The molecule has 0 aliphatic carbocycles. The van der Waals surface area contributed by atoms with Crippen molar-refractivity contribution in [2.75, 3.05) is 25.6 Å². The first-order valence-electron chi connectivity index (χ1n) is 5.39. The van der Waals surface area contributed by atoms with E-state index in [1.54, 1.807) is 16.2 Å². The van der Waals surface area contributed by atoms with E-state index in [9.17, 15) is 0 Å². The molecule has 0 N–H and O–H groups in total. The van der Waals surface area contributed by atoms with Gasteiger partial charge in [0.1, 0.15) is 0 Å². The summed E-state index contributed by atoms with van der Waals surface area (Å²) in [6, 6.07) is 4.35. The van der Waals surface area contributed by atoms with Crippen molar-refractivity contribution in [3.63, 3.8) is 0 Å². The Morgan fingerprint density at radius 1 is 1.33 bits per heavy atom. The van der Waals surface area contributed by atoms with Crippen LogP contribution in [0.4, 0.5) is 5.95 Å². The monoisotopic (exact) mass is 284 g/mol. The second-order valence-electron chi connectivity index (χ2n) is 3.76. The van der Waals surface area contributed by atoms with Crippen LogP contribution in [0.1, 0.15) is 4.88 Å². The summed E-state index contributed by atoms with van der Waals surface area (Å²) in [6.45, 7) is 0.522. The van der Waals surface area contributed by atoms with Crippen LogP contribution in [0.15, 0.2) is 17.5 Å². The lowest BCUT2D eigenvalue weighted by Gasteiger charge is -2.11. The molecule has 0 aromatic carbocycles. The van der Waals surface area contributed by atoms with E-state index >= 15 is 0 Å². The molecule has 0 radical (unpaired) electrons. The molecule has 0 fully saturated rings. The van der Waals surface area contributed by atoms with Gasteiger partial charge in [0, 0.05) is 25.4 Å². The first-order chi connectivity index (χ1) is 8.65. The average Bonchev–Trinajstić information content (AvgIpc) is 2.81. The summed E-state index contributed by atoms with van der Waals surface area (Å²) in [5.41, 5.74) is 0. The summed E-state index contributed by atoms with van der Waals surface area (Å²) in [7, 11) is 3.67. The van der Waals surface area contributed by atoms with Gasteiger partial charge in [-0.05, 0) is 23.0 Å². The molecule has 0 bridgehead atoms. The number of nitrogens with zero attached hydrogens (tertiary/aromatic N) is 4. The smallest absolute Gasteiger partial charge is 0.322 e. The first-order valence-corrected chi connectivity index (χ1v) is 6.65. The standard InChI is InChI=1S/C11H13ClN4OS/c1-16(2)10-13-9(12)14-11(15-10)17-6-5-8-4-3-7-18-8/h3-4,7H,5-6H2,1-2H3. The van der Waals surface area contributed by atoms with Crippen molar-refractivity contribution in [3.05, 3.63) is 27.7 Å². The van der Waals surface area contributed by atoms with E-state index in [4.69, 9.17) is 16.3 Å². The van der Waals surface area contributed by atoms with Gasteiger partial charge < -0.3 is 9.64 Å². The molecule has 0 spiro atoms. The second kappa shape index (κ2) is 5.97. The van der Waals surface area contributed by atoms with Gasteiger partial charge in [-0.15, -0.1) is 11.3 Å². The third-order valence-corrected chi connectivity index (χ3v) is 3.24. The third kappa shape index (κ3) is 3.54. The summed E-state index contributed by atoms with van der Waals surface area (Å²) in [6.07, 6.45) is 0.832. The highest BCUT2D eigenvalue weighted by Crippen LogP contribution is 2.14. The van der Waals surface area contributed by atoms with Crippen LogP contribution in [0.5, 0.6) is 6.01 Å². The zero-order valence-electron chi connectivity index (χ0n) is 10.1. The summed E-state index contributed by atoms with van der Waals surface area (Å²) >= 11 is 7.51. The Bertz CT molecular complexity index is 504. The minimum absolute atomic E-state index is 0.139. The molecule has 7 heteroatoms. The van der Waals surface area contributed by atoms with Crippen LogP contribution < -0.4 is 9.64 Å². The molecule has 96 valence electrons. The molecule has 2 aromatic heterocycles. The van der Waals surface area contributed by atoms with Gasteiger partial charge in [0.25, 0.3) is 0 Å². The van der Waals surface area contributed by atoms with E-state index in [2.05, 4.69) is 21.0 Å². The molecule has 2 heterocycles. The van der Waals surface area contributed by atoms with Crippen molar-refractivity contribution >= 4 is 28.9 Å². The lowest BCUT2D eigenvalue weighted by molar-refractivity contribution is 0.296. The van der Waals surface area contributed by atoms with Crippen molar-refractivity contribution in [1.82, 2.24) is 15.0 Å².